The van der Waals surface area contributed by atoms with E-state index in [1.54, 1.807) is 12.2 Å². The normalized spacial score (nSPS) is 19.0. The van der Waals surface area contributed by atoms with E-state index in [-0.39, 0.29) is 0 Å². The number of aliphatic imine (C=N–C) groups is 1. The Morgan fingerprint density at radius 2 is 1.84 bits per heavy atom. The van der Waals surface area contributed by atoms with Crippen LogP contribution in [0.25, 0.3) is 11.6 Å². The van der Waals surface area contributed by atoms with Gasteiger partial charge in [-0.25, -0.2) is 0 Å². The van der Waals surface area contributed by atoms with Gasteiger partial charge in [0.2, 0.25) is 0 Å². The zero-order chi connectivity index (χ0) is 13.5. The Kier molecular flexibility index (Phi) is 2.66. The van der Waals surface area contributed by atoms with E-state index < -0.39 is 12.7 Å². The average molecular weight is 261 g/mol. The van der Waals surface area contributed by atoms with Gasteiger partial charge in [-0.15, -0.1) is 0 Å². The summed E-state index contributed by atoms with van der Waals surface area (Å²) in [6.07, 6.45) is 2.88. The van der Waals surface area contributed by atoms with Gasteiger partial charge in [0.25, 0.3) is 0 Å². The fourth-order valence-electron chi connectivity index (χ4n) is 2.28. The van der Waals surface area contributed by atoms with E-state index in [1.165, 1.54) is 0 Å². The first-order chi connectivity index (χ1) is 9.04. The van der Waals surface area contributed by atoms with Crippen molar-refractivity contribution in [2.45, 2.75) is 6.18 Å². The van der Waals surface area contributed by atoms with Crippen molar-refractivity contribution >= 4 is 17.4 Å². The van der Waals surface area contributed by atoms with Gasteiger partial charge in [0.05, 0.1) is 5.71 Å². The molecule has 1 aromatic rings. The summed E-state index contributed by atoms with van der Waals surface area (Å²) in [6.45, 7) is -1.15. The fourth-order valence-corrected chi connectivity index (χ4v) is 2.28. The maximum absolute atomic E-state index is 12.3. The molecule has 0 amide bonds. The first-order valence-electron chi connectivity index (χ1n) is 5.86. The average Bonchev–Trinajstić information content (AvgIpc) is 2.74. The highest BCUT2D eigenvalue weighted by Gasteiger charge is 2.28. The first kappa shape index (κ1) is 12.0. The SMILES string of the molecule is FC(F)(F)CN=C1C=CC=C2C1=Cc1ccccc12. The van der Waals surface area contributed by atoms with Gasteiger partial charge in [0.1, 0.15) is 6.54 Å². The van der Waals surface area contributed by atoms with Gasteiger partial charge in [-0.05, 0) is 28.9 Å². The number of fused-ring (bicyclic) bond motifs is 3. The molecular weight excluding hydrogens is 251 g/mol. The first-order valence-corrected chi connectivity index (χ1v) is 5.86. The molecule has 19 heavy (non-hydrogen) atoms. The number of rotatable bonds is 1. The smallest absolute Gasteiger partial charge is 0.275 e. The number of halogens is 3. The lowest BCUT2D eigenvalue weighted by molar-refractivity contribution is -0.118. The lowest BCUT2D eigenvalue weighted by atomic mass is 9.95. The third-order valence-corrected chi connectivity index (χ3v) is 3.06. The summed E-state index contributed by atoms with van der Waals surface area (Å²) < 4.78 is 36.8. The predicted molar refractivity (Wildman–Crippen MR) is 69.9 cm³/mol. The highest BCUT2D eigenvalue weighted by Crippen LogP contribution is 2.38. The van der Waals surface area contributed by atoms with Crippen molar-refractivity contribution in [2.75, 3.05) is 6.54 Å². The van der Waals surface area contributed by atoms with Crippen LogP contribution in [0.3, 0.4) is 0 Å². The Bertz CT molecular complexity index is 646. The molecule has 2 aliphatic carbocycles. The van der Waals surface area contributed by atoms with Crippen molar-refractivity contribution in [3.05, 3.63) is 59.2 Å². The molecule has 1 nitrogen and oxygen atoms in total. The molecule has 0 fully saturated rings. The molecule has 0 radical (unpaired) electrons. The molecule has 0 aromatic heterocycles. The molecule has 3 rings (SSSR count). The van der Waals surface area contributed by atoms with E-state index in [9.17, 15) is 13.2 Å². The van der Waals surface area contributed by atoms with Crippen LogP contribution >= 0.6 is 0 Å². The van der Waals surface area contributed by atoms with Crippen molar-refractivity contribution in [1.82, 2.24) is 0 Å². The number of benzene rings is 1. The van der Waals surface area contributed by atoms with Gasteiger partial charge in [-0.3, -0.25) is 4.99 Å². The largest absolute Gasteiger partial charge is 0.407 e. The minimum atomic E-state index is -4.27. The highest BCUT2D eigenvalue weighted by molar-refractivity contribution is 6.26. The lowest BCUT2D eigenvalue weighted by Crippen LogP contribution is -2.14. The van der Waals surface area contributed by atoms with Crippen molar-refractivity contribution in [1.29, 1.82) is 0 Å². The van der Waals surface area contributed by atoms with Crippen LogP contribution in [0.15, 0.2) is 53.1 Å². The molecule has 2 aliphatic rings. The molecule has 0 heterocycles. The van der Waals surface area contributed by atoms with Gasteiger partial charge in [0, 0.05) is 5.57 Å². The Morgan fingerprint density at radius 1 is 1.05 bits per heavy atom. The van der Waals surface area contributed by atoms with Crippen LogP contribution < -0.4 is 0 Å². The molecule has 0 spiro atoms. The van der Waals surface area contributed by atoms with Gasteiger partial charge < -0.3 is 0 Å². The molecule has 1 aromatic carbocycles. The second-order valence-electron chi connectivity index (χ2n) is 4.40. The Hall–Kier alpha value is -2.10. The zero-order valence-corrected chi connectivity index (χ0v) is 9.91. The summed E-state index contributed by atoms with van der Waals surface area (Å²) in [5.41, 5.74) is 4.17. The second kappa shape index (κ2) is 4.23. The summed E-state index contributed by atoms with van der Waals surface area (Å²) in [7, 11) is 0. The molecular formula is C15H10F3N. The molecule has 0 N–H and O–H groups in total. The van der Waals surface area contributed by atoms with E-state index in [1.807, 2.05) is 36.4 Å². The summed E-state index contributed by atoms with van der Waals surface area (Å²) in [5, 5.41) is 0. The third kappa shape index (κ3) is 2.26. The van der Waals surface area contributed by atoms with Crippen molar-refractivity contribution in [2.24, 2.45) is 4.99 Å². The molecule has 0 aliphatic heterocycles. The maximum atomic E-state index is 12.3. The zero-order valence-electron chi connectivity index (χ0n) is 9.91. The third-order valence-electron chi connectivity index (χ3n) is 3.06. The van der Waals surface area contributed by atoms with E-state index in [0.29, 0.717) is 5.71 Å². The molecule has 96 valence electrons. The van der Waals surface area contributed by atoms with E-state index >= 15 is 0 Å². The predicted octanol–water partition coefficient (Wildman–Crippen LogP) is 4.04. The minimum Gasteiger partial charge on any atom is -0.275 e. The molecule has 0 saturated heterocycles. The van der Waals surface area contributed by atoms with Gasteiger partial charge in [0.15, 0.2) is 0 Å². The van der Waals surface area contributed by atoms with Crippen LogP contribution in [0.5, 0.6) is 0 Å². The molecule has 0 unspecified atom stereocenters. The standard InChI is InChI=1S/C15H10F3N/c16-15(17,18)9-19-14-7-3-6-12-11-5-2-1-4-10(11)8-13(12)14/h1-8H,9H2. The Labute approximate surface area is 108 Å². The van der Waals surface area contributed by atoms with E-state index in [4.69, 9.17) is 0 Å². The van der Waals surface area contributed by atoms with Crippen LogP contribution in [0.2, 0.25) is 0 Å². The Balaban J connectivity index is 1.98. The second-order valence-corrected chi connectivity index (χ2v) is 4.40. The number of hydrogen-bond donors (Lipinski definition) is 0. The number of hydrogen-bond acceptors (Lipinski definition) is 1. The van der Waals surface area contributed by atoms with Gasteiger partial charge >= 0.3 is 6.18 Å². The minimum absolute atomic E-state index is 0.394. The van der Waals surface area contributed by atoms with Crippen LogP contribution in [0.1, 0.15) is 11.1 Å². The van der Waals surface area contributed by atoms with Crippen molar-refractivity contribution in [3.63, 3.8) is 0 Å². The van der Waals surface area contributed by atoms with Crippen molar-refractivity contribution in [3.8, 4) is 0 Å². The number of alkyl halides is 3. The lowest BCUT2D eigenvalue weighted by Gasteiger charge is -2.12. The van der Waals surface area contributed by atoms with E-state index in [2.05, 4.69) is 4.99 Å². The van der Waals surface area contributed by atoms with Gasteiger partial charge in [-0.1, -0.05) is 36.4 Å². The van der Waals surface area contributed by atoms with E-state index in [0.717, 1.165) is 22.3 Å². The topological polar surface area (TPSA) is 12.4 Å². The quantitative estimate of drug-likeness (QED) is 0.723. The van der Waals surface area contributed by atoms with Crippen molar-refractivity contribution < 1.29 is 13.2 Å². The monoisotopic (exact) mass is 261 g/mol. The summed E-state index contributed by atoms with van der Waals surface area (Å²) in [4.78, 5) is 3.68. The van der Waals surface area contributed by atoms with Crippen LogP contribution in [0.4, 0.5) is 13.2 Å². The van der Waals surface area contributed by atoms with Crippen LogP contribution in [-0.2, 0) is 0 Å². The van der Waals surface area contributed by atoms with Gasteiger partial charge in [-0.2, -0.15) is 13.2 Å². The summed E-state index contributed by atoms with van der Waals surface area (Å²) in [6, 6.07) is 7.74. The molecule has 0 saturated carbocycles. The number of nitrogens with zero attached hydrogens (tertiary/aromatic N) is 1. The van der Waals surface area contributed by atoms with Crippen LogP contribution in [-0.4, -0.2) is 18.4 Å². The molecule has 4 heteroatoms. The Morgan fingerprint density at radius 3 is 2.63 bits per heavy atom. The number of allylic oxidation sites excluding steroid dienone is 5. The highest BCUT2D eigenvalue weighted by atomic mass is 19.4. The fraction of sp³-hybridized carbons (Fsp3) is 0.133. The summed E-state index contributed by atoms with van der Waals surface area (Å²) in [5.74, 6) is 0. The molecule has 0 atom stereocenters. The summed E-state index contributed by atoms with van der Waals surface area (Å²) >= 11 is 0. The van der Waals surface area contributed by atoms with Crippen LogP contribution in [0, 0.1) is 0 Å². The maximum Gasteiger partial charge on any atom is 0.407 e. The molecule has 0 bridgehead atoms.